The second-order valence-corrected chi connectivity index (χ2v) is 4.37. The third kappa shape index (κ3) is 1.85. The Morgan fingerprint density at radius 2 is 1.75 bits per heavy atom. The normalized spacial score (nSPS) is 10.8. The zero-order chi connectivity index (χ0) is 14.1. The fraction of sp³-hybridized carbons (Fsp3) is 0.154. The van der Waals surface area contributed by atoms with Crippen molar-refractivity contribution in [2.75, 3.05) is 14.2 Å². The van der Waals surface area contributed by atoms with E-state index in [0.29, 0.717) is 33.7 Å². The number of halogens is 1. The molecule has 0 radical (unpaired) electrons. The summed E-state index contributed by atoms with van der Waals surface area (Å²) < 4.78 is 12.5. The Bertz CT molecular complexity index is 750. The number of rotatable bonds is 3. The van der Waals surface area contributed by atoms with Crippen LogP contribution in [0.4, 0.5) is 0 Å². The van der Waals surface area contributed by atoms with Gasteiger partial charge in [-0.3, -0.25) is 9.38 Å². The molecule has 102 valence electrons. The SMILES string of the molecule is COc1cccc(OC)c1-c1nnc2cncc(Cl)n12. The standard InChI is InChI=1S/C13H11ClN4O2/c1-19-8-4-3-5-9(20-2)12(8)13-17-16-11-7-15-6-10(14)18(11)13/h3-7H,1-2H3. The van der Waals surface area contributed by atoms with Gasteiger partial charge in [0.15, 0.2) is 11.5 Å². The van der Waals surface area contributed by atoms with Crippen LogP contribution in [0.25, 0.3) is 17.0 Å². The van der Waals surface area contributed by atoms with E-state index in [1.807, 2.05) is 18.2 Å². The van der Waals surface area contributed by atoms with Crippen LogP contribution in [-0.2, 0) is 0 Å². The molecule has 7 heteroatoms. The molecule has 0 aliphatic carbocycles. The Balaban J connectivity index is 2.36. The van der Waals surface area contributed by atoms with E-state index in [1.165, 1.54) is 6.20 Å². The van der Waals surface area contributed by atoms with Crippen LogP contribution in [0.15, 0.2) is 30.6 Å². The molecule has 0 unspecified atom stereocenters. The molecule has 0 aliphatic heterocycles. The van der Waals surface area contributed by atoms with Crippen LogP contribution in [0.2, 0.25) is 5.15 Å². The van der Waals surface area contributed by atoms with E-state index in [4.69, 9.17) is 21.1 Å². The average molecular weight is 291 g/mol. The topological polar surface area (TPSA) is 61.5 Å². The minimum atomic E-state index is 0.412. The summed E-state index contributed by atoms with van der Waals surface area (Å²) in [5, 5.41) is 8.65. The monoisotopic (exact) mass is 290 g/mol. The maximum Gasteiger partial charge on any atom is 0.180 e. The molecule has 2 heterocycles. The molecule has 0 aliphatic rings. The fourth-order valence-corrected chi connectivity index (χ4v) is 2.27. The van der Waals surface area contributed by atoms with Crippen molar-refractivity contribution >= 4 is 17.2 Å². The van der Waals surface area contributed by atoms with E-state index in [0.717, 1.165) is 0 Å². The van der Waals surface area contributed by atoms with Crippen molar-refractivity contribution in [1.29, 1.82) is 0 Å². The van der Waals surface area contributed by atoms with Crippen LogP contribution < -0.4 is 9.47 Å². The van der Waals surface area contributed by atoms with E-state index in [9.17, 15) is 0 Å². The Labute approximate surface area is 119 Å². The van der Waals surface area contributed by atoms with Crippen molar-refractivity contribution in [1.82, 2.24) is 19.6 Å². The molecule has 3 rings (SSSR count). The van der Waals surface area contributed by atoms with Gasteiger partial charge in [-0.2, -0.15) is 0 Å². The predicted molar refractivity (Wildman–Crippen MR) is 74.3 cm³/mol. The van der Waals surface area contributed by atoms with Gasteiger partial charge in [0.05, 0.1) is 26.6 Å². The minimum Gasteiger partial charge on any atom is -0.496 e. The number of nitrogens with zero attached hydrogens (tertiary/aromatic N) is 4. The highest BCUT2D eigenvalue weighted by atomic mass is 35.5. The van der Waals surface area contributed by atoms with Crippen molar-refractivity contribution < 1.29 is 9.47 Å². The Kier molecular flexibility index (Phi) is 3.15. The summed E-state index contributed by atoms with van der Waals surface area (Å²) in [7, 11) is 3.18. The molecule has 0 bridgehead atoms. The van der Waals surface area contributed by atoms with Crippen LogP contribution in [0.5, 0.6) is 11.5 Å². The van der Waals surface area contributed by atoms with E-state index < -0.39 is 0 Å². The van der Waals surface area contributed by atoms with Gasteiger partial charge < -0.3 is 9.47 Å². The Morgan fingerprint density at radius 1 is 1.05 bits per heavy atom. The molecule has 0 spiro atoms. The van der Waals surface area contributed by atoms with Gasteiger partial charge in [0.1, 0.15) is 22.2 Å². The Hall–Kier alpha value is -2.34. The second kappa shape index (κ2) is 4.97. The first-order valence-corrected chi connectivity index (χ1v) is 6.20. The number of aromatic nitrogens is 4. The Morgan fingerprint density at radius 3 is 2.40 bits per heavy atom. The number of methoxy groups -OCH3 is 2. The highest BCUT2D eigenvalue weighted by molar-refractivity contribution is 6.29. The molecule has 3 aromatic rings. The van der Waals surface area contributed by atoms with E-state index in [1.54, 1.807) is 24.8 Å². The van der Waals surface area contributed by atoms with Crippen molar-refractivity contribution in [3.05, 3.63) is 35.7 Å². The lowest BCUT2D eigenvalue weighted by Crippen LogP contribution is -1.98. The third-order valence-corrected chi connectivity index (χ3v) is 3.19. The number of hydrogen-bond acceptors (Lipinski definition) is 5. The summed E-state index contributed by atoms with van der Waals surface area (Å²) in [4.78, 5) is 3.99. The average Bonchev–Trinajstić information content (AvgIpc) is 2.91. The second-order valence-electron chi connectivity index (χ2n) is 3.98. The summed E-state index contributed by atoms with van der Waals surface area (Å²) in [5.74, 6) is 1.81. The van der Waals surface area contributed by atoms with Crippen molar-refractivity contribution in [2.45, 2.75) is 0 Å². The van der Waals surface area contributed by atoms with Crippen LogP contribution in [0.1, 0.15) is 0 Å². The predicted octanol–water partition coefficient (Wildman–Crippen LogP) is 2.46. The molecule has 0 saturated carbocycles. The fourth-order valence-electron chi connectivity index (χ4n) is 2.05. The molecule has 0 amide bonds. The lowest BCUT2D eigenvalue weighted by Gasteiger charge is -2.11. The summed E-state index contributed by atoms with van der Waals surface area (Å²) in [5.41, 5.74) is 1.25. The minimum absolute atomic E-state index is 0.412. The molecule has 0 fully saturated rings. The van der Waals surface area contributed by atoms with Gasteiger partial charge in [0.2, 0.25) is 0 Å². The highest BCUT2D eigenvalue weighted by Crippen LogP contribution is 2.37. The number of fused-ring (bicyclic) bond motifs is 1. The molecule has 6 nitrogen and oxygen atoms in total. The van der Waals surface area contributed by atoms with E-state index in [-0.39, 0.29) is 0 Å². The first-order chi connectivity index (χ1) is 9.76. The number of benzene rings is 1. The number of ether oxygens (including phenoxy) is 2. The molecule has 1 aromatic carbocycles. The van der Waals surface area contributed by atoms with Gasteiger partial charge in [-0.1, -0.05) is 17.7 Å². The van der Waals surface area contributed by atoms with Gasteiger partial charge in [-0.25, -0.2) is 0 Å². The van der Waals surface area contributed by atoms with E-state index in [2.05, 4.69) is 15.2 Å². The van der Waals surface area contributed by atoms with E-state index >= 15 is 0 Å². The van der Waals surface area contributed by atoms with Crippen molar-refractivity contribution in [2.24, 2.45) is 0 Å². The first-order valence-electron chi connectivity index (χ1n) is 5.82. The third-order valence-electron chi connectivity index (χ3n) is 2.92. The molecular formula is C13H11ClN4O2. The maximum absolute atomic E-state index is 6.18. The van der Waals surface area contributed by atoms with Gasteiger partial charge in [-0.15, -0.1) is 10.2 Å². The van der Waals surface area contributed by atoms with Gasteiger partial charge >= 0.3 is 0 Å². The quantitative estimate of drug-likeness (QED) is 0.741. The molecular weight excluding hydrogens is 280 g/mol. The zero-order valence-electron chi connectivity index (χ0n) is 10.9. The van der Waals surface area contributed by atoms with Crippen LogP contribution in [0, 0.1) is 0 Å². The zero-order valence-corrected chi connectivity index (χ0v) is 11.6. The van der Waals surface area contributed by atoms with Crippen molar-refractivity contribution in [3.63, 3.8) is 0 Å². The first kappa shape index (κ1) is 12.7. The summed E-state index contributed by atoms with van der Waals surface area (Å²) in [6, 6.07) is 5.50. The van der Waals surface area contributed by atoms with Crippen molar-refractivity contribution in [3.8, 4) is 22.9 Å². The van der Waals surface area contributed by atoms with Crippen LogP contribution in [-0.4, -0.2) is 33.8 Å². The van der Waals surface area contributed by atoms with Gasteiger partial charge in [-0.05, 0) is 12.1 Å². The smallest absolute Gasteiger partial charge is 0.180 e. The van der Waals surface area contributed by atoms with Crippen LogP contribution >= 0.6 is 11.6 Å². The molecule has 0 atom stereocenters. The molecule has 20 heavy (non-hydrogen) atoms. The largest absolute Gasteiger partial charge is 0.496 e. The van der Waals surface area contributed by atoms with Crippen LogP contribution in [0.3, 0.4) is 0 Å². The lowest BCUT2D eigenvalue weighted by molar-refractivity contribution is 0.396. The summed E-state index contributed by atoms with van der Waals surface area (Å²) in [6.45, 7) is 0. The maximum atomic E-state index is 6.18. The molecule has 2 aromatic heterocycles. The van der Waals surface area contributed by atoms with Gasteiger partial charge in [0.25, 0.3) is 0 Å². The van der Waals surface area contributed by atoms with Gasteiger partial charge in [0, 0.05) is 0 Å². The molecule has 0 N–H and O–H groups in total. The lowest BCUT2D eigenvalue weighted by atomic mass is 10.1. The summed E-state index contributed by atoms with van der Waals surface area (Å²) in [6.07, 6.45) is 3.12. The molecule has 0 saturated heterocycles. The number of hydrogen-bond donors (Lipinski definition) is 0. The highest BCUT2D eigenvalue weighted by Gasteiger charge is 2.19. The summed E-state index contributed by atoms with van der Waals surface area (Å²) >= 11 is 6.18.